The highest BCUT2D eigenvalue weighted by atomic mass is 35.5. The van der Waals surface area contributed by atoms with Crippen molar-refractivity contribution in [3.05, 3.63) is 63.0 Å². The van der Waals surface area contributed by atoms with Gasteiger partial charge in [0.2, 0.25) is 5.82 Å². The summed E-state index contributed by atoms with van der Waals surface area (Å²) < 4.78 is 20.1. The van der Waals surface area contributed by atoms with Gasteiger partial charge in [-0.05, 0) is 86.3 Å². The molecule has 1 N–H and O–H groups in total. The topological polar surface area (TPSA) is 97.6 Å². The van der Waals surface area contributed by atoms with Crippen LogP contribution in [0.15, 0.2) is 36.5 Å². The minimum absolute atomic E-state index is 0.0349. The normalized spacial score (nSPS) is 23.1. The van der Waals surface area contributed by atoms with E-state index in [1.54, 1.807) is 19.4 Å². The lowest BCUT2D eigenvalue weighted by Gasteiger charge is -2.32. The molecule has 1 atom stereocenters. The molecular weight excluding hydrogens is 547 g/mol. The van der Waals surface area contributed by atoms with Crippen LogP contribution < -0.4 is 5.32 Å². The molecule has 0 radical (unpaired) electrons. The number of anilines is 1. The molecule has 6 rings (SSSR count). The standard InChI is InChI=1S/C31H34ClFN4O4/c1-41-23-10-11-36(17-23)16-18-2-7-22(8-3-18)35-29-24-12-20(21-13-26(32)30(37(39)40)27(33)14-21)6-9-28(24)34-15-25(29)31(38)19-4-5-19/h6,9,12-15,18-19,22-23H,2-5,7-8,10-11,16-17H2,1H3,(H,34,35). The molecule has 2 aliphatic carbocycles. The van der Waals surface area contributed by atoms with Gasteiger partial charge in [0.1, 0.15) is 5.02 Å². The van der Waals surface area contributed by atoms with Gasteiger partial charge in [-0.25, -0.2) is 0 Å². The summed E-state index contributed by atoms with van der Waals surface area (Å²) >= 11 is 6.09. The number of nitro benzene ring substituents is 1. The van der Waals surface area contributed by atoms with Crippen molar-refractivity contribution >= 4 is 39.7 Å². The molecule has 10 heteroatoms. The summed E-state index contributed by atoms with van der Waals surface area (Å²) in [6, 6.07) is 8.24. The Hall–Kier alpha value is -3.14. The Kier molecular flexibility index (Phi) is 7.94. The van der Waals surface area contributed by atoms with Crippen LogP contribution in [0.3, 0.4) is 0 Å². The number of benzene rings is 2. The first-order valence-corrected chi connectivity index (χ1v) is 14.8. The second kappa shape index (κ2) is 11.6. The molecule has 3 fully saturated rings. The summed E-state index contributed by atoms with van der Waals surface area (Å²) in [5, 5.41) is 15.5. The zero-order valence-electron chi connectivity index (χ0n) is 23.1. The van der Waals surface area contributed by atoms with Gasteiger partial charge in [0.15, 0.2) is 5.78 Å². The Morgan fingerprint density at radius 2 is 1.93 bits per heavy atom. The van der Waals surface area contributed by atoms with Crippen molar-refractivity contribution in [3.63, 3.8) is 0 Å². The number of ketones is 1. The fourth-order valence-electron chi connectivity index (χ4n) is 6.40. The first kappa shape index (κ1) is 28.0. The van der Waals surface area contributed by atoms with E-state index in [0.717, 1.165) is 81.7 Å². The van der Waals surface area contributed by atoms with Crippen molar-refractivity contribution in [1.29, 1.82) is 0 Å². The lowest BCUT2D eigenvalue weighted by atomic mass is 9.85. The number of Topliss-reactive ketones (excluding diaryl/α,β-unsaturated/α-hetero) is 1. The van der Waals surface area contributed by atoms with Crippen molar-refractivity contribution in [2.24, 2.45) is 11.8 Å². The molecule has 1 unspecified atom stereocenters. The van der Waals surface area contributed by atoms with Crippen molar-refractivity contribution in [2.45, 2.75) is 57.1 Å². The number of hydrogen-bond acceptors (Lipinski definition) is 7. The Morgan fingerprint density at radius 1 is 1.15 bits per heavy atom. The molecule has 0 amide bonds. The van der Waals surface area contributed by atoms with Gasteiger partial charge in [0.25, 0.3) is 0 Å². The van der Waals surface area contributed by atoms with Gasteiger partial charge < -0.3 is 15.0 Å². The number of carbonyl (C=O) groups excluding carboxylic acids is 1. The molecule has 216 valence electrons. The number of nitrogens with zero attached hydrogens (tertiary/aromatic N) is 3. The number of halogens is 2. The van der Waals surface area contributed by atoms with Gasteiger partial charge in [-0.3, -0.25) is 19.9 Å². The van der Waals surface area contributed by atoms with Gasteiger partial charge in [-0.2, -0.15) is 4.39 Å². The van der Waals surface area contributed by atoms with E-state index in [9.17, 15) is 19.3 Å². The van der Waals surface area contributed by atoms with Crippen LogP contribution in [0, 0.1) is 27.8 Å². The molecule has 2 saturated carbocycles. The predicted octanol–water partition coefficient (Wildman–Crippen LogP) is 6.89. The fourth-order valence-corrected chi connectivity index (χ4v) is 6.68. The molecule has 1 aliphatic heterocycles. The second-order valence-electron chi connectivity index (χ2n) is 11.7. The molecular formula is C31H34ClFN4O4. The summed E-state index contributed by atoms with van der Waals surface area (Å²) in [4.78, 5) is 30.8. The highest BCUT2D eigenvalue weighted by Gasteiger charge is 2.34. The number of ether oxygens (including phenoxy) is 1. The van der Waals surface area contributed by atoms with Crippen LogP contribution in [-0.2, 0) is 4.74 Å². The number of methoxy groups -OCH3 is 1. The summed E-state index contributed by atoms with van der Waals surface area (Å²) in [6.07, 6.45) is 9.16. The van der Waals surface area contributed by atoms with Gasteiger partial charge in [0, 0.05) is 50.3 Å². The molecule has 41 heavy (non-hydrogen) atoms. The Bertz CT molecular complexity index is 1470. The van der Waals surface area contributed by atoms with Gasteiger partial charge >= 0.3 is 5.69 Å². The average Bonchev–Trinajstić information content (AvgIpc) is 3.71. The van der Waals surface area contributed by atoms with Crippen molar-refractivity contribution in [3.8, 4) is 11.1 Å². The number of aromatic nitrogens is 1. The minimum atomic E-state index is -0.991. The van der Waals surface area contributed by atoms with Crippen LogP contribution in [0.1, 0.15) is 55.3 Å². The molecule has 3 aliphatic rings. The van der Waals surface area contributed by atoms with Crippen LogP contribution in [0.4, 0.5) is 15.8 Å². The van der Waals surface area contributed by atoms with E-state index in [2.05, 4.69) is 15.2 Å². The zero-order valence-corrected chi connectivity index (χ0v) is 23.8. The predicted molar refractivity (Wildman–Crippen MR) is 157 cm³/mol. The third-order valence-electron chi connectivity index (χ3n) is 8.89. The number of nitro groups is 1. The number of likely N-dealkylation sites (tertiary alicyclic amines) is 1. The number of carbonyl (C=O) groups is 1. The fraction of sp³-hybridized carbons (Fsp3) is 0.484. The number of rotatable bonds is 9. The minimum Gasteiger partial charge on any atom is -0.381 e. The van der Waals surface area contributed by atoms with Crippen LogP contribution in [-0.4, -0.2) is 59.5 Å². The molecule has 1 saturated heterocycles. The van der Waals surface area contributed by atoms with Crippen LogP contribution in [0.2, 0.25) is 5.02 Å². The summed E-state index contributed by atoms with van der Waals surface area (Å²) in [6.45, 7) is 3.21. The molecule has 2 heterocycles. The van der Waals surface area contributed by atoms with Crippen LogP contribution >= 0.6 is 11.6 Å². The SMILES string of the molecule is COC1CCN(CC2CCC(Nc3c(C(=O)C4CC4)cnc4ccc(-c5cc(F)c([N+](=O)[O-])c(Cl)c5)cc34)CC2)C1. The molecule has 0 bridgehead atoms. The van der Waals surface area contributed by atoms with E-state index in [0.29, 0.717) is 34.2 Å². The van der Waals surface area contributed by atoms with E-state index in [-0.39, 0.29) is 22.8 Å². The van der Waals surface area contributed by atoms with E-state index < -0.39 is 16.4 Å². The van der Waals surface area contributed by atoms with E-state index in [1.165, 1.54) is 6.07 Å². The smallest absolute Gasteiger partial charge is 0.323 e. The molecule has 1 aromatic heterocycles. The summed E-state index contributed by atoms with van der Waals surface area (Å²) in [5.74, 6) is -0.200. The van der Waals surface area contributed by atoms with E-state index >= 15 is 0 Å². The van der Waals surface area contributed by atoms with Gasteiger partial charge in [-0.15, -0.1) is 0 Å². The van der Waals surface area contributed by atoms with Crippen molar-refractivity contribution < 1.29 is 18.8 Å². The number of pyridine rings is 1. The maximum absolute atomic E-state index is 14.6. The summed E-state index contributed by atoms with van der Waals surface area (Å²) in [7, 11) is 1.79. The van der Waals surface area contributed by atoms with Crippen molar-refractivity contribution in [1.82, 2.24) is 9.88 Å². The maximum Gasteiger partial charge on any atom is 0.323 e. The lowest BCUT2D eigenvalue weighted by Crippen LogP contribution is -2.34. The Morgan fingerprint density at radius 3 is 2.59 bits per heavy atom. The maximum atomic E-state index is 14.6. The first-order valence-electron chi connectivity index (χ1n) is 14.4. The molecule has 8 nitrogen and oxygen atoms in total. The Balaban J connectivity index is 1.27. The van der Waals surface area contributed by atoms with E-state index in [1.807, 2.05) is 12.1 Å². The third kappa shape index (κ3) is 5.94. The summed E-state index contributed by atoms with van der Waals surface area (Å²) in [5.41, 5.74) is 2.40. The third-order valence-corrected chi connectivity index (χ3v) is 9.18. The van der Waals surface area contributed by atoms with Gasteiger partial charge in [-0.1, -0.05) is 17.7 Å². The van der Waals surface area contributed by atoms with Crippen LogP contribution in [0.5, 0.6) is 0 Å². The molecule has 2 aromatic carbocycles. The van der Waals surface area contributed by atoms with Crippen molar-refractivity contribution in [2.75, 3.05) is 32.1 Å². The lowest BCUT2D eigenvalue weighted by molar-refractivity contribution is -0.387. The number of nitrogens with one attached hydrogen (secondary N) is 1. The van der Waals surface area contributed by atoms with Crippen LogP contribution in [0.25, 0.3) is 22.0 Å². The Labute approximate surface area is 243 Å². The van der Waals surface area contributed by atoms with E-state index in [4.69, 9.17) is 16.3 Å². The first-order chi connectivity index (χ1) is 19.8. The molecule has 0 spiro atoms. The second-order valence-corrected chi connectivity index (χ2v) is 12.1. The number of hydrogen-bond donors (Lipinski definition) is 1. The highest BCUT2D eigenvalue weighted by molar-refractivity contribution is 6.33. The monoisotopic (exact) mass is 580 g/mol. The van der Waals surface area contributed by atoms with Gasteiger partial charge in [0.05, 0.1) is 27.8 Å². The largest absolute Gasteiger partial charge is 0.381 e. The average molecular weight is 581 g/mol. The number of fused-ring (bicyclic) bond motifs is 1. The zero-order chi connectivity index (χ0) is 28.7. The quantitative estimate of drug-likeness (QED) is 0.167. The highest BCUT2D eigenvalue weighted by Crippen LogP contribution is 2.40. The molecule has 3 aromatic rings.